The van der Waals surface area contributed by atoms with Crippen LogP contribution in [0, 0.1) is 13.8 Å². The van der Waals surface area contributed by atoms with Crippen molar-refractivity contribution in [3.05, 3.63) is 55.7 Å². The second kappa shape index (κ2) is 5.80. The van der Waals surface area contributed by atoms with Gasteiger partial charge in [0.15, 0.2) is 0 Å². The summed E-state index contributed by atoms with van der Waals surface area (Å²) in [7, 11) is 0. The normalized spacial score (nSPS) is 10.8. The molecule has 0 amide bonds. The third-order valence-electron chi connectivity index (χ3n) is 2.79. The smallest absolute Gasteiger partial charge is 0.0303 e. The van der Waals surface area contributed by atoms with Crippen LogP contribution in [0.3, 0.4) is 0 Å². The van der Waals surface area contributed by atoms with Gasteiger partial charge in [-0.2, -0.15) is 0 Å². The molecule has 1 aromatic carbocycles. The monoisotopic (exact) mass is 309 g/mol. The number of hydrogen-bond acceptors (Lipinski definition) is 2. The minimum Gasteiger partial charge on any atom is -0.308 e. The van der Waals surface area contributed by atoms with E-state index < -0.39 is 0 Å². The van der Waals surface area contributed by atoms with Crippen molar-refractivity contribution in [3.8, 4) is 0 Å². The van der Waals surface area contributed by atoms with Gasteiger partial charge in [0.2, 0.25) is 0 Å². The Morgan fingerprint density at radius 3 is 2.59 bits per heavy atom. The topological polar surface area (TPSA) is 12.0 Å². The van der Waals surface area contributed by atoms with E-state index in [1.807, 2.05) is 17.4 Å². The van der Waals surface area contributed by atoms with Crippen molar-refractivity contribution in [2.75, 3.05) is 0 Å². The lowest BCUT2D eigenvalue weighted by atomic mass is 10.2. The molecule has 1 nitrogen and oxygen atoms in total. The predicted molar refractivity (Wildman–Crippen MR) is 78.5 cm³/mol. The van der Waals surface area contributed by atoms with Gasteiger partial charge < -0.3 is 5.32 Å². The van der Waals surface area contributed by atoms with Gasteiger partial charge in [-0.1, -0.05) is 34.1 Å². The van der Waals surface area contributed by atoms with Crippen molar-refractivity contribution in [3.63, 3.8) is 0 Å². The Bertz CT molecular complexity index is 485. The highest BCUT2D eigenvalue weighted by Crippen LogP contribution is 2.21. The van der Waals surface area contributed by atoms with Gasteiger partial charge in [-0.25, -0.2) is 0 Å². The summed E-state index contributed by atoms with van der Waals surface area (Å²) in [4.78, 5) is 2.83. The standard InChI is InChI=1S/C14H16BrNS/c1-10-7-13(17-11(10)2)9-16-8-12-5-3-4-6-14(12)15/h3-7,16H,8-9H2,1-2H3. The Morgan fingerprint density at radius 2 is 1.94 bits per heavy atom. The Kier molecular flexibility index (Phi) is 4.37. The Morgan fingerprint density at radius 1 is 1.18 bits per heavy atom. The summed E-state index contributed by atoms with van der Waals surface area (Å²) in [5.41, 5.74) is 2.70. The van der Waals surface area contributed by atoms with E-state index in [9.17, 15) is 0 Å². The van der Waals surface area contributed by atoms with E-state index in [0.29, 0.717) is 0 Å². The van der Waals surface area contributed by atoms with Gasteiger partial charge in [0.1, 0.15) is 0 Å². The number of hydrogen-bond donors (Lipinski definition) is 1. The highest BCUT2D eigenvalue weighted by atomic mass is 79.9. The van der Waals surface area contributed by atoms with Gasteiger partial charge in [0.25, 0.3) is 0 Å². The number of thiophene rings is 1. The summed E-state index contributed by atoms with van der Waals surface area (Å²) >= 11 is 5.44. The van der Waals surface area contributed by atoms with Crippen LogP contribution >= 0.6 is 27.3 Å². The average molecular weight is 310 g/mol. The number of rotatable bonds is 4. The fourth-order valence-corrected chi connectivity index (χ4v) is 3.15. The third kappa shape index (κ3) is 3.41. The molecule has 0 bridgehead atoms. The Labute approximate surface area is 115 Å². The van der Waals surface area contributed by atoms with E-state index in [4.69, 9.17) is 0 Å². The van der Waals surface area contributed by atoms with Gasteiger partial charge in [-0.05, 0) is 37.1 Å². The molecule has 0 aliphatic heterocycles. The zero-order chi connectivity index (χ0) is 12.3. The fraction of sp³-hybridized carbons (Fsp3) is 0.286. The van der Waals surface area contributed by atoms with Gasteiger partial charge >= 0.3 is 0 Å². The van der Waals surface area contributed by atoms with Gasteiger partial charge in [0, 0.05) is 27.3 Å². The van der Waals surface area contributed by atoms with Crippen molar-refractivity contribution in [1.82, 2.24) is 5.32 Å². The first-order chi connectivity index (χ1) is 8.16. The van der Waals surface area contributed by atoms with Crippen LogP contribution in [0.25, 0.3) is 0 Å². The van der Waals surface area contributed by atoms with Crippen molar-refractivity contribution in [2.45, 2.75) is 26.9 Å². The summed E-state index contributed by atoms with van der Waals surface area (Å²) in [5, 5.41) is 3.48. The molecule has 0 atom stereocenters. The second-order valence-electron chi connectivity index (χ2n) is 4.15. The van der Waals surface area contributed by atoms with Crippen molar-refractivity contribution in [1.29, 1.82) is 0 Å². The summed E-state index contributed by atoms with van der Waals surface area (Å²) in [5.74, 6) is 0. The summed E-state index contributed by atoms with van der Waals surface area (Å²) < 4.78 is 1.17. The molecular formula is C14H16BrNS. The Balaban J connectivity index is 1.90. The highest BCUT2D eigenvalue weighted by Gasteiger charge is 2.02. The lowest BCUT2D eigenvalue weighted by Crippen LogP contribution is -2.12. The van der Waals surface area contributed by atoms with E-state index in [-0.39, 0.29) is 0 Å². The lowest BCUT2D eigenvalue weighted by Gasteiger charge is -2.05. The SMILES string of the molecule is Cc1cc(CNCc2ccccc2Br)sc1C. The van der Waals surface area contributed by atoms with E-state index in [2.05, 4.69) is 59.4 Å². The first kappa shape index (κ1) is 12.8. The molecule has 1 heterocycles. The molecule has 1 N–H and O–H groups in total. The maximum atomic E-state index is 3.56. The first-order valence-electron chi connectivity index (χ1n) is 5.67. The quantitative estimate of drug-likeness (QED) is 0.881. The van der Waals surface area contributed by atoms with Gasteiger partial charge in [-0.15, -0.1) is 11.3 Å². The largest absolute Gasteiger partial charge is 0.308 e. The van der Waals surface area contributed by atoms with E-state index in [1.165, 1.54) is 25.4 Å². The molecule has 0 fully saturated rings. The molecule has 0 radical (unpaired) electrons. The van der Waals surface area contributed by atoms with E-state index >= 15 is 0 Å². The predicted octanol–water partition coefficient (Wildman–Crippen LogP) is 4.42. The molecule has 3 heteroatoms. The molecule has 0 saturated heterocycles. The van der Waals surface area contributed by atoms with Crippen LogP contribution in [0.15, 0.2) is 34.8 Å². The first-order valence-corrected chi connectivity index (χ1v) is 7.28. The average Bonchev–Trinajstić information content (AvgIpc) is 2.61. The van der Waals surface area contributed by atoms with Crippen LogP contribution < -0.4 is 5.32 Å². The summed E-state index contributed by atoms with van der Waals surface area (Å²) in [6, 6.07) is 10.6. The maximum absolute atomic E-state index is 3.56. The molecule has 0 aliphatic rings. The third-order valence-corrected chi connectivity index (χ3v) is 4.72. The molecule has 2 rings (SSSR count). The number of halogens is 1. The minimum atomic E-state index is 0.900. The molecule has 0 unspecified atom stereocenters. The van der Waals surface area contributed by atoms with Crippen LogP contribution in [-0.2, 0) is 13.1 Å². The number of aryl methyl sites for hydroxylation is 2. The van der Waals surface area contributed by atoms with Gasteiger partial charge in [0.05, 0.1) is 0 Å². The molecule has 1 aromatic heterocycles. The van der Waals surface area contributed by atoms with Crippen LogP contribution in [-0.4, -0.2) is 0 Å². The van der Waals surface area contributed by atoms with Crippen molar-refractivity contribution >= 4 is 27.3 Å². The number of nitrogens with one attached hydrogen (secondary N) is 1. The number of benzene rings is 1. The Hall–Kier alpha value is -0.640. The van der Waals surface area contributed by atoms with Crippen LogP contribution in [0.5, 0.6) is 0 Å². The zero-order valence-electron chi connectivity index (χ0n) is 10.1. The van der Waals surface area contributed by atoms with Crippen LogP contribution in [0.4, 0.5) is 0 Å². The maximum Gasteiger partial charge on any atom is 0.0303 e. The van der Waals surface area contributed by atoms with E-state index in [0.717, 1.165) is 13.1 Å². The molecule has 90 valence electrons. The van der Waals surface area contributed by atoms with Crippen molar-refractivity contribution < 1.29 is 0 Å². The molecule has 2 aromatic rings. The summed E-state index contributed by atoms with van der Waals surface area (Å²) in [6.07, 6.45) is 0. The van der Waals surface area contributed by atoms with Crippen molar-refractivity contribution in [2.24, 2.45) is 0 Å². The molecule has 0 spiro atoms. The second-order valence-corrected chi connectivity index (χ2v) is 6.34. The molecule has 0 aliphatic carbocycles. The van der Waals surface area contributed by atoms with Crippen LogP contribution in [0.2, 0.25) is 0 Å². The zero-order valence-corrected chi connectivity index (χ0v) is 12.5. The van der Waals surface area contributed by atoms with Gasteiger partial charge in [-0.3, -0.25) is 0 Å². The lowest BCUT2D eigenvalue weighted by molar-refractivity contribution is 0.699. The summed E-state index contributed by atoms with van der Waals surface area (Å²) in [6.45, 7) is 6.19. The van der Waals surface area contributed by atoms with E-state index in [1.54, 1.807) is 0 Å². The fourth-order valence-electron chi connectivity index (χ4n) is 1.70. The van der Waals surface area contributed by atoms with Crippen LogP contribution in [0.1, 0.15) is 20.9 Å². The highest BCUT2D eigenvalue weighted by molar-refractivity contribution is 9.10. The molecular weight excluding hydrogens is 294 g/mol. The molecule has 0 saturated carbocycles. The molecule has 17 heavy (non-hydrogen) atoms. The minimum absolute atomic E-state index is 0.900.